The van der Waals surface area contributed by atoms with Crippen LogP contribution in [0.5, 0.6) is 0 Å². The lowest BCUT2D eigenvalue weighted by Crippen LogP contribution is -2.15. The van der Waals surface area contributed by atoms with Crippen LogP contribution in [0, 0.1) is 0 Å². The molecule has 0 aliphatic carbocycles. The largest absolute Gasteiger partial charge is 0.389 e. The number of carbonyl (C=O) groups is 1. The van der Waals surface area contributed by atoms with Crippen molar-refractivity contribution in [1.82, 2.24) is 0 Å². The zero-order valence-electron chi connectivity index (χ0n) is 10.9. The smallest absolute Gasteiger partial charge is 0.228 e. The first-order valence-corrected chi connectivity index (χ1v) is 8.09. The summed E-state index contributed by atoms with van der Waals surface area (Å²) < 4.78 is 1.74. The molecule has 6 heteroatoms. The molecule has 3 N–H and O–H groups in total. The molecule has 1 amide bonds. The molecule has 0 aliphatic heterocycles. The van der Waals surface area contributed by atoms with Gasteiger partial charge in [0.15, 0.2) is 0 Å². The maximum absolute atomic E-state index is 12.0. The van der Waals surface area contributed by atoms with Crippen LogP contribution in [0.15, 0.2) is 51.4 Å². The molecule has 0 radical (unpaired) electrons. The van der Waals surface area contributed by atoms with E-state index in [1.54, 1.807) is 18.2 Å². The normalized spacial score (nSPS) is 10.2. The lowest BCUT2D eigenvalue weighted by molar-refractivity contribution is -0.115. The van der Waals surface area contributed by atoms with Gasteiger partial charge in [0.25, 0.3) is 0 Å². The fraction of sp³-hybridized carbons (Fsp3) is 0.0667. The van der Waals surface area contributed by atoms with E-state index < -0.39 is 0 Å². The summed E-state index contributed by atoms with van der Waals surface area (Å²) >= 11 is 11.7. The number of amides is 1. The summed E-state index contributed by atoms with van der Waals surface area (Å²) in [7, 11) is 0. The molecule has 0 fully saturated rings. The SMILES string of the molecule is NC(=S)c1ccc(NC(=O)Cc2ccc(Br)cc2)c(Br)c1. The van der Waals surface area contributed by atoms with E-state index in [-0.39, 0.29) is 5.91 Å². The molecule has 2 aromatic carbocycles. The number of hydrogen-bond donors (Lipinski definition) is 2. The molecule has 3 nitrogen and oxygen atoms in total. The van der Waals surface area contributed by atoms with Crippen molar-refractivity contribution in [2.45, 2.75) is 6.42 Å². The third-order valence-corrected chi connectivity index (χ3v) is 4.23. The number of carbonyl (C=O) groups excluding carboxylic acids is 1. The van der Waals surface area contributed by atoms with Crippen molar-refractivity contribution >= 4 is 60.7 Å². The highest BCUT2D eigenvalue weighted by atomic mass is 79.9. The van der Waals surface area contributed by atoms with Crippen molar-refractivity contribution in [2.75, 3.05) is 5.32 Å². The molecule has 0 atom stereocenters. The van der Waals surface area contributed by atoms with Gasteiger partial charge in [0, 0.05) is 14.5 Å². The van der Waals surface area contributed by atoms with Gasteiger partial charge in [0.05, 0.1) is 12.1 Å². The summed E-state index contributed by atoms with van der Waals surface area (Å²) in [6.07, 6.45) is 0.316. The van der Waals surface area contributed by atoms with Gasteiger partial charge in [-0.2, -0.15) is 0 Å². The molecule has 0 saturated carbocycles. The maximum atomic E-state index is 12.0. The zero-order valence-corrected chi connectivity index (χ0v) is 14.9. The number of anilines is 1. The maximum Gasteiger partial charge on any atom is 0.228 e. The van der Waals surface area contributed by atoms with Gasteiger partial charge in [-0.05, 0) is 51.8 Å². The average Bonchev–Trinajstić information content (AvgIpc) is 2.43. The lowest BCUT2D eigenvalue weighted by atomic mass is 10.1. The minimum Gasteiger partial charge on any atom is -0.389 e. The zero-order chi connectivity index (χ0) is 15.4. The summed E-state index contributed by atoms with van der Waals surface area (Å²) in [5.74, 6) is -0.0823. The highest BCUT2D eigenvalue weighted by Crippen LogP contribution is 2.24. The monoisotopic (exact) mass is 426 g/mol. The Morgan fingerprint density at radius 3 is 2.38 bits per heavy atom. The minimum absolute atomic E-state index is 0.0823. The van der Waals surface area contributed by atoms with Crippen LogP contribution >= 0.6 is 44.1 Å². The summed E-state index contributed by atoms with van der Waals surface area (Å²) in [6, 6.07) is 13.0. The fourth-order valence-corrected chi connectivity index (χ4v) is 2.62. The third kappa shape index (κ3) is 4.62. The Morgan fingerprint density at radius 1 is 1.14 bits per heavy atom. The Hall–Kier alpha value is -1.24. The number of nitrogens with one attached hydrogen (secondary N) is 1. The molecule has 0 bridgehead atoms. The molecule has 2 rings (SSSR count). The Bertz CT molecular complexity index is 687. The molecule has 21 heavy (non-hydrogen) atoms. The summed E-state index contributed by atoms with van der Waals surface area (Å²) in [6.45, 7) is 0. The first kappa shape index (κ1) is 16.1. The molecule has 0 spiro atoms. The highest BCUT2D eigenvalue weighted by Gasteiger charge is 2.08. The van der Waals surface area contributed by atoms with Crippen LogP contribution < -0.4 is 11.1 Å². The van der Waals surface area contributed by atoms with Crippen molar-refractivity contribution < 1.29 is 4.79 Å². The first-order valence-electron chi connectivity index (χ1n) is 6.09. The fourth-order valence-electron chi connectivity index (χ4n) is 1.75. The predicted molar refractivity (Wildman–Crippen MR) is 96.5 cm³/mol. The van der Waals surface area contributed by atoms with Crippen molar-refractivity contribution in [1.29, 1.82) is 0 Å². The van der Waals surface area contributed by atoms with Gasteiger partial charge in [-0.3, -0.25) is 4.79 Å². The Kier molecular flexibility index (Phi) is 5.50. The van der Waals surface area contributed by atoms with E-state index in [0.717, 1.165) is 20.1 Å². The number of halogens is 2. The van der Waals surface area contributed by atoms with Crippen LogP contribution in [-0.2, 0) is 11.2 Å². The summed E-state index contributed by atoms with van der Waals surface area (Å²) in [5, 5.41) is 2.86. The second-order valence-electron chi connectivity index (χ2n) is 4.41. The minimum atomic E-state index is -0.0823. The van der Waals surface area contributed by atoms with Gasteiger partial charge in [0.2, 0.25) is 5.91 Å². The quantitative estimate of drug-likeness (QED) is 0.724. The second kappa shape index (κ2) is 7.15. The molecule has 108 valence electrons. The van der Waals surface area contributed by atoms with Crippen molar-refractivity contribution in [3.8, 4) is 0 Å². The van der Waals surface area contributed by atoms with E-state index in [4.69, 9.17) is 18.0 Å². The predicted octanol–water partition coefficient (Wildman–Crippen LogP) is 4.03. The Labute approximate surface area is 145 Å². The van der Waals surface area contributed by atoms with Crippen LogP contribution in [0.4, 0.5) is 5.69 Å². The highest BCUT2D eigenvalue weighted by molar-refractivity contribution is 9.10. The molecule has 0 unspecified atom stereocenters. The summed E-state index contributed by atoms with van der Waals surface area (Å²) in [4.78, 5) is 12.4. The number of nitrogens with two attached hydrogens (primary N) is 1. The van der Waals surface area contributed by atoms with Gasteiger partial charge in [-0.15, -0.1) is 0 Å². The molecule has 0 aliphatic rings. The molecule has 0 heterocycles. The van der Waals surface area contributed by atoms with E-state index in [2.05, 4.69) is 37.2 Å². The molecule has 0 saturated heterocycles. The molecular formula is C15H12Br2N2OS. The van der Waals surface area contributed by atoms with Gasteiger partial charge in [-0.1, -0.05) is 40.3 Å². The van der Waals surface area contributed by atoms with E-state index in [1.165, 1.54) is 0 Å². The van der Waals surface area contributed by atoms with E-state index >= 15 is 0 Å². The Balaban J connectivity index is 2.06. The number of rotatable bonds is 4. The van der Waals surface area contributed by atoms with Crippen LogP contribution in [0.3, 0.4) is 0 Å². The molecule has 2 aromatic rings. The topological polar surface area (TPSA) is 55.1 Å². The van der Waals surface area contributed by atoms with Gasteiger partial charge in [-0.25, -0.2) is 0 Å². The van der Waals surface area contributed by atoms with Crippen LogP contribution in [0.1, 0.15) is 11.1 Å². The first-order chi connectivity index (χ1) is 9.95. The molecule has 0 aromatic heterocycles. The van der Waals surface area contributed by atoms with Gasteiger partial charge < -0.3 is 11.1 Å². The summed E-state index contributed by atoms with van der Waals surface area (Å²) in [5.41, 5.74) is 7.96. The van der Waals surface area contributed by atoms with Crippen LogP contribution in [0.2, 0.25) is 0 Å². The lowest BCUT2D eigenvalue weighted by Gasteiger charge is -2.09. The van der Waals surface area contributed by atoms with E-state index in [9.17, 15) is 4.79 Å². The van der Waals surface area contributed by atoms with Crippen LogP contribution in [-0.4, -0.2) is 10.9 Å². The van der Waals surface area contributed by atoms with Gasteiger partial charge in [0.1, 0.15) is 4.99 Å². The van der Waals surface area contributed by atoms with Crippen molar-refractivity contribution in [3.05, 3.63) is 62.5 Å². The van der Waals surface area contributed by atoms with Crippen molar-refractivity contribution in [3.63, 3.8) is 0 Å². The van der Waals surface area contributed by atoms with Crippen LogP contribution in [0.25, 0.3) is 0 Å². The standard InChI is InChI=1S/C15H12Br2N2OS/c16-11-4-1-9(2-5-11)7-14(20)19-13-6-3-10(15(18)21)8-12(13)17/h1-6,8H,7H2,(H2,18,21)(H,19,20). The molecular weight excluding hydrogens is 416 g/mol. The van der Waals surface area contributed by atoms with Gasteiger partial charge >= 0.3 is 0 Å². The Morgan fingerprint density at radius 2 is 1.81 bits per heavy atom. The second-order valence-corrected chi connectivity index (χ2v) is 6.62. The third-order valence-electron chi connectivity index (χ3n) is 2.81. The van der Waals surface area contributed by atoms with E-state index in [1.807, 2.05) is 24.3 Å². The number of benzene rings is 2. The number of hydrogen-bond acceptors (Lipinski definition) is 2. The van der Waals surface area contributed by atoms with Crippen molar-refractivity contribution in [2.24, 2.45) is 5.73 Å². The van der Waals surface area contributed by atoms with E-state index in [0.29, 0.717) is 17.1 Å². The number of thiocarbonyl (C=S) groups is 1. The average molecular weight is 428 g/mol.